The molecule has 0 bridgehead atoms. The van der Waals surface area contributed by atoms with Gasteiger partial charge in [-0.2, -0.15) is 0 Å². The highest BCUT2D eigenvalue weighted by Crippen LogP contribution is 2.31. The predicted molar refractivity (Wildman–Crippen MR) is 73.1 cm³/mol. The number of amides is 1. The van der Waals surface area contributed by atoms with E-state index in [9.17, 15) is 14.9 Å². The molecule has 0 radical (unpaired) electrons. The number of nitro groups is 1. The summed E-state index contributed by atoms with van der Waals surface area (Å²) < 4.78 is 0. The van der Waals surface area contributed by atoms with E-state index in [1.165, 1.54) is 18.0 Å². The molecule has 0 aromatic heterocycles. The number of allylic oxidation sites excluding steroid dienone is 5. The van der Waals surface area contributed by atoms with Gasteiger partial charge in [-0.05, 0) is 17.7 Å². The number of carbonyl (C=O) groups is 1. The van der Waals surface area contributed by atoms with E-state index < -0.39 is 11.0 Å². The maximum Gasteiger partial charge on any atom is 0.407 e. The summed E-state index contributed by atoms with van der Waals surface area (Å²) in [5.41, 5.74) is 2.46. The molecule has 0 saturated carbocycles. The summed E-state index contributed by atoms with van der Waals surface area (Å²) in [4.78, 5) is 26.8. The van der Waals surface area contributed by atoms with Crippen LogP contribution in [0.1, 0.15) is 13.3 Å². The lowest BCUT2D eigenvalue weighted by Gasteiger charge is -2.17. The zero-order valence-electron chi connectivity index (χ0n) is 11.2. The second kappa shape index (κ2) is 5.28. The molecule has 1 aliphatic heterocycles. The van der Waals surface area contributed by atoms with Gasteiger partial charge in [-0.1, -0.05) is 6.92 Å². The molecule has 106 valence electrons. The second-order valence-electron chi connectivity index (χ2n) is 4.91. The van der Waals surface area contributed by atoms with Crippen molar-refractivity contribution in [2.24, 2.45) is 10.9 Å². The van der Waals surface area contributed by atoms with Gasteiger partial charge in [0.2, 0.25) is 0 Å². The number of rotatable bonds is 4. The van der Waals surface area contributed by atoms with Crippen molar-refractivity contribution in [1.82, 2.24) is 4.90 Å². The Labute approximate surface area is 115 Å². The largest absolute Gasteiger partial charge is 0.465 e. The maximum absolute atomic E-state index is 10.8. The van der Waals surface area contributed by atoms with Crippen molar-refractivity contribution >= 4 is 11.8 Å². The van der Waals surface area contributed by atoms with E-state index in [2.05, 4.69) is 4.99 Å². The van der Waals surface area contributed by atoms with Crippen molar-refractivity contribution in [3.63, 3.8) is 0 Å². The van der Waals surface area contributed by atoms with Gasteiger partial charge in [0.25, 0.3) is 5.70 Å². The van der Waals surface area contributed by atoms with Crippen LogP contribution in [0.2, 0.25) is 0 Å². The van der Waals surface area contributed by atoms with Gasteiger partial charge in [-0.15, -0.1) is 0 Å². The van der Waals surface area contributed by atoms with Gasteiger partial charge in [-0.25, -0.2) is 4.79 Å². The molecule has 7 nitrogen and oxygen atoms in total. The molecule has 1 aliphatic carbocycles. The molecule has 1 atom stereocenters. The zero-order valence-corrected chi connectivity index (χ0v) is 11.2. The standard InChI is InChI=1S/C13H15N3O4/c1-8(7-15(2)13(17)18)12-6-9-5-10(16(19)20)3-4-11(9)14-12/h3-4,6,8H,5,7H2,1-2H3,(H,17,18). The van der Waals surface area contributed by atoms with Crippen LogP contribution in [0.3, 0.4) is 0 Å². The Morgan fingerprint density at radius 3 is 2.90 bits per heavy atom. The summed E-state index contributed by atoms with van der Waals surface area (Å²) in [6.45, 7) is 2.22. The molecule has 1 N–H and O–H groups in total. The van der Waals surface area contributed by atoms with Gasteiger partial charge in [0.1, 0.15) is 0 Å². The third-order valence-electron chi connectivity index (χ3n) is 3.32. The molecule has 0 saturated heterocycles. The Bertz CT molecular complexity index is 586. The van der Waals surface area contributed by atoms with Crippen molar-refractivity contribution < 1.29 is 14.8 Å². The number of aliphatic imine (C=N–C) groups is 1. The number of hydrogen-bond acceptors (Lipinski definition) is 4. The molecule has 7 heteroatoms. The van der Waals surface area contributed by atoms with E-state index in [4.69, 9.17) is 5.11 Å². The number of fused-ring (bicyclic) bond motifs is 1. The van der Waals surface area contributed by atoms with Crippen molar-refractivity contribution in [3.8, 4) is 0 Å². The Hall–Kier alpha value is -2.44. The highest BCUT2D eigenvalue weighted by atomic mass is 16.6. The van der Waals surface area contributed by atoms with Gasteiger partial charge in [-0.3, -0.25) is 15.1 Å². The highest BCUT2D eigenvalue weighted by molar-refractivity contribution is 6.01. The smallest absolute Gasteiger partial charge is 0.407 e. The molecule has 20 heavy (non-hydrogen) atoms. The van der Waals surface area contributed by atoms with Gasteiger partial charge in [0.05, 0.1) is 17.0 Å². The molecule has 2 rings (SSSR count). The third-order valence-corrected chi connectivity index (χ3v) is 3.32. The average molecular weight is 277 g/mol. The fourth-order valence-electron chi connectivity index (χ4n) is 2.17. The lowest BCUT2D eigenvalue weighted by atomic mass is 10.00. The summed E-state index contributed by atoms with van der Waals surface area (Å²) in [6.07, 6.45) is 4.19. The van der Waals surface area contributed by atoms with Crippen molar-refractivity contribution in [2.75, 3.05) is 13.6 Å². The molecule has 1 heterocycles. The van der Waals surface area contributed by atoms with Gasteiger partial charge in [0.15, 0.2) is 0 Å². The lowest BCUT2D eigenvalue weighted by Crippen LogP contribution is -2.31. The van der Waals surface area contributed by atoms with Crippen molar-refractivity contribution in [3.05, 3.63) is 45.3 Å². The minimum Gasteiger partial charge on any atom is -0.465 e. The quantitative estimate of drug-likeness (QED) is 0.628. The van der Waals surface area contributed by atoms with E-state index in [1.807, 2.05) is 13.0 Å². The normalized spacial score (nSPS) is 18.3. The summed E-state index contributed by atoms with van der Waals surface area (Å²) in [7, 11) is 1.50. The molecular formula is C13H15N3O4. The van der Waals surface area contributed by atoms with E-state index >= 15 is 0 Å². The first-order valence-corrected chi connectivity index (χ1v) is 6.17. The Morgan fingerprint density at radius 2 is 2.30 bits per heavy atom. The molecule has 0 fully saturated rings. The Kier molecular flexibility index (Phi) is 3.69. The first-order chi connectivity index (χ1) is 9.38. The summed E-state index contributed by atoms with van der Waals surface area (Å²) >= 11 is 0. The lowest BCUT2D eigenvalue weighted by molar-refractivity contribution is -0.427. The minimum atomic E-state index is -0.989. The third kappa shape index (κ3) is 2.76. The van der Waals surface area contributed by atoms with Crippen LogP contribution in [-0.2, 0) is 0 Å². The zero-order chi connectivity index (χ0) is 14.9. The second-order valence-corrected chi connectivity index (χ2v) is 4.91. The molecule has 1 unspecified atom stereocenters. The fourth-order valence-corrected chi connectivity index (χ4v) is 2.17. The Balaban J connectivity index is 2.09. The SMILES string of the molecule is CC(CN(C)C(=O)O)C1=NC2=CC=C([N+](=O)[O-])CC2=C1. The van der Waals surface area contributed by atoms with Crippen LogP contribution in [0.5, 0.6) is 0 Å². The van der Waals surface area contributed by atoms with Gasteiger partial charge in [0, 0.05) is 31.3 Å². The Morgan fingerprint density at radius 1 is 1.60 bits per heavy atom. The molecule has 2 aliphatic rings. The minimum absolute atomic E-state index is 0.0610. The van der Waals surface area contributed by atoms with E-state index in [-0.39, 0.29) is 18.0 Å². The molecule has 0 aromatic rings. The van der Waals surface area contributed by atoms with Crippen molar-refractivity contribution in [1.29, 1.82) is 0 Å². The van der Waals surface area contributed by atoms with E-state index in [0.717, 1.165) is 17.0 Å². The van der Waals surface area contributed by atoms with Crippen LogP contribution in [0.4, 0.5) is 4.79 Å². The van der Waals surface area contributed by atoms with Crippen LogP contribution in [0.25, 0.3) is 0 Å². The van der Waals surface area contributed by atoms with E-state index in [1.54, 1.807) is 6.08 Å². The van der Waals surface area contributed by atoms with Crippen LogP contribution in [-0.4, -0.2) is 40.3 Å². The highest BCUT2D eigenvalue weighted by Gasteiger charge is 2.26. The topological polar surface area (TPSA) is 96.0 Å². The molecule has 1 amide bonds. The first-order valence-electron chi connectivity index (χ1n) is 6.17. The first kappa shape index (κ1) is 14.0. The molecule has 0 spiro atoms. The van der Waals surface area contributed by atoms with Crippen LogP contribution in [0, 0.1) is 16.0 Å². The summed E-state index contributed by atoms with van der Waals surface area (Å²) in [6, 6.07) is 0. The molecular weight excluding hydrogens is 262 g/mol. The van der Waals surface area contributed by atoms with Crippen molar-refractivity contribution in [2.45, 2.75) is 13.3 Å². The summed E-state index contributed by atoms with van der Waals surface area (Å²) in [5.74, 6) is -0.0610. The van der Waals surface area contributed by atoms with Crippen LogP contribution in [0.15, 0.2) is 40.2 Å². The predicted octanol–water partition coefficient (Wildman–Crippen LogP) is 2.06. The number of nitrogens with zero attached hydrogens (tertiary/aromatic N) is 3. The van der Waals surface area contributed by atoms with E-state index in [0.29, 0.717) is 6.54 Å². The van der Waals surface area contributed by atoms with Gasteiger partial charge >= 0.3 is 6.09 Å². The van der Waals surface area contributed by atoms with Crippen LogP contribution < -0.4 is 0 Å². The fraction of sp³-hybridized carbons (Fsp3) is 0.385. The summed E-state index contributed by atoms with van der Waals surface area (Å²) in [5, 5.41) is 19.6. The number of carboxylic acid groups (broad SMARTS) is 1. The average Bonchev–Trinajstić information content (AvgIpc) is 2.80. The van der Waals surface area contributed by atoms with Gasteiger partial charge < -0.3 is 10.0 Å². The maximum atomic E-state index is 10.8. The number of hydrogen-bond donors (Lipinski definition) is 1. The van der Waals surface area contributed by atoms with Crippen LogP contribution >= 0.6 is 0 Å². The molecule has 0 aromatic carbocycles. The monoisotopic (exact) mass is 277 g/mol.